The molecule has 2 rings (SSSR count). The molecule has 0 fully saturated rings. The number of hydrogen-bond acceptors (Lipinski definition) is 3. The molecule has 0 saturated heterocycles. The lowest BCUT2D eigenvalue weighted by molar-refractivity contribution is 0.0987. The first-order valence-electron chi connectivity index (χ1n) is 6.91. The molecule has 4 heteroatoms. The van der Waals surface area contributed by atoms with E-state index in [4.69, 9.17) is 0 Å². The van der Waals surface area contributed by atoms with Crippen LogP contribution in [0, 0.1) is 0 Å². The Labute approximate surface area is 124 Å². The maximum absolute atomic E-state index is 12.5. The quantitative estimate of drug-likeness (QED) is 0.601. The first kappa shape index (κ1) is 14.9. The van der Waals surface area contributed by atoms with Gasteiger partial charge in [-0.3, -0.25) is 9.48 Å². The number of hydrogen-bond donors (Lipinski definition) is 0. The molecule has 1 aromatic carbocycles. The van der Waals surface area contributed by atoms with Crippen LogP contribution in [-0.2, 0) is 19.4 Å². The topological polar surface area (TPSA) is 34.9 Å². The lowest BCUT2D eigenvalue weighted by Gasteiger charge is -2.07. The van der Waals surface area contributed by atoms with Gasteiger partial charge < -0.3 is 0 Å². The van der Waals surface area contributed by atoms with Crippen molar-refractivity contribution in [1.29, 1.82) is 0 Å². The van der Waals surface area contributed by atoms with Gasteiger partial charge in [-0.25, -0.2) is 0 Å². The number of rotatable bonds is 6. The molecular formula is C16H20N2OS. The Morgan fingerprint density at radius 2 is 2.05 bits per heavy atom. The highest BCUT2D eigenvalue weighted by Gasteiger charge is 2.14. The second-order valence-electron chi connectivity index (χ2n) is 4.60. The lowest BCUT2D eigenvalue weighted by atomic mass is 10.1. The van der Waals surface area contributed by atoms with Crippen molar-refractivity contribution in [3.63, 3.8) is 0 Å². The van der Waals surface area contributed by atoms with Gasteiger partial charge in [-0.1, -0.05) is 25.1 Å². The van der Waals surface area contributed by atoms with Crippen LogP contribution in [0.2, 0.25) is 0 Å². The number of benzene rings is 1. The molecule has 1 aromatic heterocycles. The van der Waals surface area contributed by atoms with Crippen LogP contribution < -0.4 is 0 Å². The maximum Gasteiger partial charge on any atom is 0.169 e. The van der Waals surface area contributed by atoms with E-state index in [0.717, 1.165) is 34.8 Å². The van der Waals surface area contributed by atoms with Gasteiger partial charge in [-0.2, -0.15) is 5.10 Å². The molecule has 0 aliphatic carbocycles. The summed E-state index contributed by atoms with van der Waals surface area (Å²) < 4.78 is 1.93. The second kappa shape index (κ2) is 6.75. The normalized spacial score (nSPS) is 10.8. The zero-order chi connectivity index (χ0) is 14.5. The van der Waals surface area contributed by atoms with Crippen LogP contribution in [-0.4, -0.2) is 21.8 Å². The van der Waals surface area contributed by atoms with Gasteiger partial charge in [-0.05, 0) is 31.7 Å². The highest BCUT2D eigenvalue weighted by molar-refractivity contribution is 7.98. The summed E-state index contributed by atoms with van der Waals surface area (Å²) in [5, 5.41) is 4.50. The summed E-state index contributed by atoms with van der Waals surface area (Å²) in [4.78, 5) is 13.5. The van der Waals surface area contributed by atoms with E-state index in [1.165, 1.54) is 0 Å². The van der Waals surface area contributed by atoms with E-state index in [2.05, 4.69) is 18.9 Å². The lowest BCUT2D eigenvalue weighted by Crippen LogP contribution is -2.10. The van der Waals surface area contributed by atoms with E-state index in [-0.39, 0.29) is 5.78 Å². The van der Waals surface area contributed by atoms with E-state index in [1.807, 2.05) is 41.3 Å². The van der Waals surface area contributed by atoms with Gasteiger partial charge in [0.05, 0.1) is 12.1 Å². The van der Waals surface area contributed by atoms with E-state index in [9.17, 15) is 4.79 Å². The van der Waals surface area contributed by atoms with E-state index in [1.54, 1.807) is 11.8 Å². The Kier molecular flexibility index (Phi) is 5.01. The molecule has 0 saturated carbocycles. The molecule has 0 N–H and O–H groups in total. The van der Waals surface area contributed by atoms with Crippen LogP contribution in [0.4, 0.5) is 0 Å². The summed E-state index contributed by atoms with van der Waals surface area (Å²) in [7, 11) is 0. The highest BCUT2D eigenvalue weighted by Crippen LogP contribution is 2.21. The first-order valence-corrected chi connectivity index (χ1v) is 8.13. The van der Waals surface area contributed by atoms with Crippen LogP contribution in [0.5, 0.6) is 0 Å². The number of Topliss-reactive ketones (excluding diaryl/α,β-unsaturated/α-hetero) is 1. The number of aromatic nitrogens is 2. The van der Waals surface area contributed by atoms with E-state index in [0.29, 0.717) is 6.42 Å². The maximum atomic E-state index is 12.5. The van der Waals surface area contributed by atoms with Crippen molar-refractivity contribution >= 4 is 17.5 Å². The molecule has 106 valence electrons. The van der Waals surface area contributed by atoms with Gasteiger partial charge >= 0.3 is 0 Å². The molecule has 0 amide bonds. The summed E-state index contributed by atoms with van der Waals surface area (Å²) in [6.07, 6.45) is 3.31. The third kappa shape index (κ3) is 3.12. The average Bonchev–Trinajstić information content (AvgIpc) is 2.89. The SMILES string of the molecule is CCc1cc(CC(=O)c2ccccc2SC)n(CC)n1. The fraction of sp³-hybridized carbons (Fsp3) is 0.375. The zero-order valence-electron chi connectivity index (χ0n) is 12.2. The van der Waals surface area contributed by atoms with Gasteiger partial charge in [0.2, 0.25) is 0 Å². The summed E-state index contributed by atoms with van der Waals surface area (Å²) >= 11 is 1.61. The number of thioether (sulfide) groups is 1. The van der Waals surface area contributed by atoms with Crippen LogP contribution >= 0.6 is 11.8 Å². The van der Waals surface area contributed by atoms with Crippen LogP contribution in [0.3, 0.4) is 0 Å². The van der Waals surface area contributed by atoms with Crippen LogP contribution in [0.25, 0.3) is 0 Å². The van der Waals surface area contributed by atoms with Crippen molar-refractivity contribution < 1.29 is 4.79 Å². The fourth-order valence-corrected chi connectivity index (χ4v) is 2.86. The molecule has 0 atom stereocenters. The summed E-state index contributed by atoms with van der Waals surface area (Å²) in [5.41, 5.74) is 2.86. The van der Waals surface area contributed by atoms with Crippen LogP contribution in [0.15, 0.2) is 35.2 Å². The molecule has 0 aliphatic rings. The molecule has 0 aliphatic heterocycles. The number of aryl methyl sites for hydroxylation is 2. The Morgan fingerprint density at radius 3 is 2.70 bits per heavy atom. The van der Waals surface area contributed by atoms with Gasteiger partial charge in [0.15, 0.2) is 5.78 Å². The third-order valence-electron chi connectivity index (χ3n) is 3.32. The Bertz CT molecular complexity index is 604. The van der Waals surface area contributed by atoms with Crippen molar-refractivity contribution in [3.8, 4) is 0 Å². The molecule has 0 radical (unpaired) electrons. The predicted octanol–water partition coefficient (Wildman–Crippen LogP) is 3.61. The first-order chi connectivity index (χ1) is 9.69. The van der Waals surface area contributed by atoms with Gasteiger partial charge in [-0.15, -0.1) is 11.8 Å². The van der Waals surface area contributed by atoms with Crippen molar-refractivity contribution in [1.82, 2.24) is 9.78 Å². The molecule has 0 bridgehead atoms. The smallest absolute Gasteiger partial charge is 0.169 e. The molecule has 3 nitrogen and oxygen atoms in total. The molecule has 0 unspecified atom stereocenters. The number of carbonyl (C=O) groups is 1. The Balaban J connectivity index is 2.25. The molecule has 1 heterocycles. The Hall–Kier alpha value is -1.55. The van der Waals surface area contributed by atoms with Crippen molar-refractivity contribution in [2.45, 2.75) is 38.1 Å². The minimum atomic E-state index is 0.159. The summed E-state index contributed by atoms with van der Waals surface area (Å²) in [6, 6.07) is 9.83. The highest BCUT2D eigenvalue weighted by atomic mass is 32.2. The largest absolute Gasteiger partial charge is 0.294 e. The van der Waals surface area contributed by atoms with Crippen LogP contribution in [0.1, 0.15) is 35.6 Å². The standard InChI is InChI=1S/C16H20N2OS/c1-4-12-10-13(18(5-2)17-12)11-15(19)14-8-6-7-9-16(14)20-3/h6-10H,4-5,11H2,1-3H3. The summed E-state index contributed by atoms with van der Waals surface area (Å²) in [6.45, 7) is 4.93. The van der Waals surface area contributed by atoms with Crippen molar-refractivity contribution in [3.05, 3.63) is 47.3 Å². The van der Waals surface area contributed by atoms with E-state index < -0.39 is 0 Å². The van der Waals surface area contributed by atoms with Crippen molar-refractivity contribution in [2.24, 2.45) is 0 Å². The van der Waals surface area contributed by atoms with Gasteiger partial charge in [0.1, 0.15) is 0 Å². The number of nitrogens with zero attached hydrogens (tertiary/aromatic N) is 2. The average molecular weight is 288 g/mol. The number of ketones is 1. The van der Waals surface area contributed by atoms with Gasteiger partial charge in [0, 0.05) is 22.7 Å². The summed E-state index contributed by atoms with van der Waals surface area (Å²) in [5.74, 6) is 0.159. The van der Waals surface area contributed by atoms with E-state index >= 15 is 0 Å². The minimum absolute atomic E-state index is 0.159. The zero-order valence-corrected chi connectivity index (χ0v) is 13.0. The Morgan fingerprint density at radius 1 is 1.30 bits per heavy atom. The molecule has 20 heavy (non-hydrogen) atoms. The molecule has 2 aromatic rings. The minimum Gasteiger partial charge on any atom is -0.294 e. The molecular weight excluding hydrogens is 268 g/mol. The third-order valence-corrected chi connectivity index (χ3v) is 4.12. The molecule has 0 spiro atoms. The number of carbonyl (C=O) groups excluding carboxylic acids is 1. The second-order valence-corrected chi connectivity index (χ2v) is 5.44. The monoisotopic (exact) mass is 288 g/mol. The fourth-order valence-electron chi connectivity index (χ4n) is 2.24. The van der Waals surface area contributed by atoms with Crippen molar-refractivity contribution in [2.75, 3.05) is 6.26 Å². The predicted molar refractivity (Wildman–Crippen MR) is 83.5 cm³/mol. The van der Waals surface area contributed by atoms with Gasteiger partial charge in [0.25, 0.3) is 0 Å².